The van der Waals surface area contributed by atoms with E-state index in [9.17, 15) is 9.90 Å². The van der Waals surface area contributed by atoms with E-state index >= 15 is 0 Å². The fraction of sp³-hybridized carbons (Fsp3) is 0.974. The Bertz CT molecular complexity index is 483. The molecule has 0 aromatic rings. The molecule has 0 aromatic heterocycles. The molecule has 0 rings (SSSR count). The molecule has 0 aliphatic heterocycles. The molecule has 42 heavy (non-hydrogen) atoms. The van der Waals surface area contributed by atoms with Gasteiger partial charge in [0, 0.05) is 6.04 Å². The monoisotopic (exact) mass is 586 g/mol. The summed E-state index contributed by atoms with van der Waals surface area (Å²) < 4.78 is 0. The average Bonchev–Trinajstić information content (AvgIpc) is 2.97. The van der Waals surface area contributed by atoms with Gasteiger partial charge in [-0.05, 0) is 32.4 Å². The Balaban J connectivity index is 0. The maximum atomic E-state index is 12.0. The fourth-order valence-corrected chi connectivity index (χ4v) is 6.29. The number of hydrogen-bond donors (Lipinski definition) is 0. The summed E-state index contributed by atoms with van der Waals surface area (Å²) in [5, 5.41) is 12.0. The van der Waals surface area contributed by atoms with E-state index in [1.165, 1.54) is 167 Å². The Morgan fingerprint density at radius 3 is 0.905 bits per heavy atom. The number of nitrogens with zero attached hydrogens (tertiary/aromatic N) is 1. The first kappa shape index (κ1) is 44.2. The van der Waals surface area contributed by atoms with Gasteiger partial charge < -0.3 is 9.90 Å². The van der Waals surface area contributed by atoms with E-state index in [0.29, 0.717) is 0 Å². The zero-order valence-corrected chi connectivity index (χ0v) is 29.7. The first-order valence-corrected chi connectivity index (χ1v) is 19.1. The van der Waals surface area contributed by atoms with Gasteiger partial charge >= 0.3 is 18.9 Å². The van der Waals surface area contributed by atoms with Gasteiger partial charge in [-0.2, -0.15) is 0 Å². The summed E-state index contributed by atoms with van der Waals surface area (Å²) in [4.78, 5) is 14.3. The van der Waals surface area contributed by atoms with Crippen LogP contribution in [0.25, 0.3) is 0 Å². The summed E-state index contributed by atoms with van der Waals surface area (Å²) in [6.07, 6.45) is 40.9. The van der Waals surface area contributed by atoms with Crippen LogP contribution < -0.4 is 24.0 Å². The molecule has 0 saturated carbocycles. The summed E-state index contributed by atoms with van der Waals surface area (Å²) in [7, 11) is 0. The smallest absolute Gasteiger partial charge is 0.548 e. The van der Waals surface area contributed by atoms with Crippen molar-refractivity contribution in [3.8, 4) is 0 Å². The van der Waals surface area contributed by atoms with E-state index in [1.54, 1.807) is 0 Å². The number of carboxylic acids is 1. The van der Waals surface area contributed by atoms with E-state index in [0.717, 1.165) is 45.2 Å². The van der Waals surface area contributed by atoms with Gasteiger partial charge in [-0.15, -0.1) is 0 Å². The third kappa shape index (κ3) is 31.5. The molecule has 246 valence electrons. The predicted molar refractivity (Wildman–Crippen MR) is 181 cm³/mol. The van der Waals surface area contributed by atoms with Crippen molar-refractivity contribution in [1.82, 2.24) is 4.90 Å². The number of carboxylic acid groups (broad SMARTS) is 1. The molecular formula is C38H76LiNO2. The van der Waals surface area contributed by atoms with Gasteiger partial charge in [0.2, 0.25) is 0 Å². The number of carbonyl (C=O) groups excluding carboxylic acids is 1. The quantitative estimate of drug-likeness (QED) is 0.0553. The fourth-order valence-electron chi connectivity index (χ4n) is 6.29. The maximum absolute atomic E-state index is 12.0. The molecule has 0 aliphatic carbocycles. The number of rotatable bonds is 35. The summed E-state index contributed by atoms with van der Waals surface area (Å²) in [5.74, 6) is -0.853. The first-order valence-electron chi connectivity index (χ1n) is 19.1. The minimum atomic E-state index is -0.853. The van der Waals surface area contributed by atoms with Crippen molar-refractivity contribution in [2.45, 2.75) is 226 Å². The second-order valence-electron chi connectivity index (χ2n) is 13.2. The number of hydrogen-bond acceptors (Lipinski definition) is 3. The van der Waals surface area contributed by atoms with Gasteiger partial charge in [-0.25, -0.2) is 0 Å². The Morgan fingerprint density at radius 1 is 0.429 bits per heavy atom. The molecular weight excluding hydrogens is 509 g/mol. The predicted octanol–water partition coefficient (Wildman–Crippen LogP) is 8.56. The zero-order chi connectivity index (χ0) is 30.1. The zero-order valence-electron chi connectivity index (χ0n) is 29.7. The molecule has 0 N–H and O–H groups in total. The van der Waals surface area contributed by atoms with Crippen molar-refractivity contribution in [3.05, 3.63) is 0 Å². The molecule has 0 aliphatic rings. The van der Waals surface area contributed by atoms with Crippen LogP contribution in [-0.2, 0) is 4.79 Å². The second kappa shape index (κ2) is 37.2. The molecule has 0 heterocycles. The van der Waals surface area contributed by atoms with E-state index in [4.69, 9.17) is 0 Å². The van der Waals surface area contributed by atoms with Crippen LogP contribution in [0, 0.1) is 0 Å². The van der Waals surface area contributed by atoms with Crippen LogP contribution in [0.5, 0.6) is 0 Å². The van der Waals surface area contributed by atoms with Crippen LogP contribution in [0.1, 0.15) is 220 Å². The third-order valence-electron chi connectivity index (χ3n) is 9.14. The van der Waals surface area contributed by atoms with E-state index in [1.807, 2.05) is 0 Å². The molecule has 0 fully saturated rings. The van der Waals surface area contributed by atoms with Crippen molar-refractivity contribution in [3.63, 3.8) is 0 Å². The van der Waals surface area contributed by atoms with Crippen LogP contribution >= 0.6 is 0 Å². The Hall–Kier alpha value is 0.0274. The minimum absolute atomic E-state index is 0. The summed E-state index contributed by atoms with van der Waals surface area (Å²) in [6.45, 7) is 8.58. The molecule has 0 aromatic carbocycles. The average molecular weight is 586 g/mol. The van der Waals surface area contributed by atoms with Crippen LogP contribution in [0.4, 0.5) is 0 Å². The van der Waals surface area contributed by atoms with Crippen LogP contribution in [0.3, 0.4) is 0 Å². The summed E-state index contributed by atoms with van der Waals surface area (Å²) >= 11 is 0. The maximum Gasteiger partial charge on any atom is 1.00 e. The van der Waals surface area contributed by atoms with Crippen LogP contribution in [0.15, 0.2) is 0 Å². The second-order valence-corrected chi connectivity index (χ2v) is 13.2. The molecule has 1 atom stereocenters. The van der Waals surface area contributed by atoms with Crippen molar-refractivity contribution < 1.29 is 28.8 Å². The minimum Gasteiger partial charge on any atom is -0.548 e. The SMILES string of the molecule is CCCCCCCCCCCCCCCCN(CCCCCCCCCCCCCCCC)C(CCCC)C(=O)[O-].[Li+]. The van der Waals surface area contributed by atoms with Gasteiger partial charge in [-0.1, -0.05) is 201 Å². The van der Waals surface area contributed by atoms with E-state index in [2.05, 4.69) is 25.7 Å². The molecule has 0 bridgehead atoms. The summed E-state index contributed by atoms with van der Waals surface area (Å²) in [6, 6.07) is -0.390. The van der Waals surface area contributed by atoms with Crippen molar-refractivity contribution in [2.24, 2.45) is 0 Å². The van der Waals surface area contributed by atoms with Crippen molar-refractivity contribution >= 4 is 5.97 Å². The Morgan fingerprint density at radius 2 is 0.667 bits per heavy atom. The Kier molecular flexibility index (Phi) is 39.1. The summed E-state index contributed by atoms with van der Waals surface area (Å²) in [5.41, 5.74) is 0. The van der Waals surface area contributed by atoms with Crippen LogP contribution in [0.2, 0.25) is 0 Å². The van der Waals surface area contributed by atoms with Crippen molar-refractivity contribution in [1.29, 1.82) is 0 Å². The molecule has 3 nitrogen and oxygen atoms in total. The van der Waals surface area contributed by atoms with E-state index < -0.39 is 5.97 Å². The van der Waals surface area contributed by atoms with Gasteiger partial charge in [0.1, 0.15) is 0 Å². The number of unbranched alkanes of at least 4 members (excludes halogenated alkanes) is 27. The Labute approximate surface area is 277 Å². The normalized spacial score (nSPS) is 12.1. The van der Waals surface area contributed by atoms with Gasteiger partial charge in [0.15, 0.2) is 0 Å². The van der Waals surface area contributed by atoms with E-state index in [-0.39, 0.29) is 24.9 Å². The van der Waals surface area contributed by atoms with Gasteiger partial charge in [-0.3, -0.25) is 4.90 Å². The standard InChI is InChI=1S/C38H77NO2.Li/c1-4-7-10-12-14-16-18-20-22-24-26-28-30-32-35-39(37(38(40)41)34-9-6-3)36-33-31-29-27-25-23-21-19-17-15-13-11-8-5-2;/h37H,4-36H2,1-3H3,(H,40,41);/q;+1/p-1. The third-order valence-corrected chi connectivity index (χ3v) is 9.14. The molecule has 0 amide bonds. The molecule has 0 spiro atoms. The van der Waals surface area contributed by atoms with Gasteiger partial charge in [0.25, 0.3) is 0 Å². The number of aliphatic carboxylic acids is 1. The molecule has 1 unspecified atom stereocenters. The molecule has 0 saturated heterocycles. The first-order chi connectivity index (χ1) is 20.2. The largest absolute Gasteiger partial charge is 1.00 e. The molecule has 0 radical (unpaired) electrons. The topological polar surface area (TPSA) is 43.4 Å². The van der Waals surface area contributed by atoms with Gasteiger partial charge in [0.05, 0.1) is 5.97 Å². The molecule has 4 heteroatoms. The number of carbonyl (C=O) groups is 1. The van der Waals surface area contributed by atoms with Crippen LogP contribution in [-0.4, -0.2) is 30.0 Å². The van der Waals surface area contributed by atoms with Crippen molar-refractivity contribution in [2.75, 3.05) is 13.1 Å².